The van der Waals surface area contributed by atoms with Gasteiger partial charge in [0.1, 0.15) is 0 Å². The molecule has 1 aromatic carbocycles. The molecule has 8 nitrogen and oxygen atoms in total. The number of ether oxygens (including phenoxy) is 2. The summed E-state index contributed by atoms with van der Waals surface area (Å²) >= 11 is 0. The summed E-state index contributed by atoms with van der Waals surface area (Å²) in [5.74, 6) is -0.166. The third-order valence-corrected chi connectivity index (χ3v) is 8.58. The van der Waals surface area contributed by atoms with E-state index in [1.54, 1.807) is 4.90 Å². The molecule has 3 aliphatic heterocycles. The van der Waals surface area contributed by atoms with Crippen LogP contribution >= 0.6 is 0 Å². The molecule has 2 saturated heterocycles. The number of nitrogens with two attached hydrogens (primary N) is 1. The van der Waals surface area contributed by atoms with Crippen molar-refractivity contribution in [2.75, 3.05) is 39.5 Å². The second kappa shape index (κ2) is 10.1. The van der Waals surface area contributed by atoms with Crippen LogP contribution in [0.3, 0.4) is 0 Å². The lowest BCUT2D eigenvalue weighted by molar-refractivity contribution is -0.143. The van der Waals surface area contributed by atoms with Gasteiger partial charge in [-0.3, -0.25) is 4.79 Å². The van der Waals surface area contributed by atoms with Crippen molar-refractivity contribution in [1.29, 1.82) is 0 Å². The van der Waals surface area contributed by atoms with Crippen molar-refractivity contribution < 1.29 is 32.2 Å². The van der Waals surface area contributed by atoms with Crippen LogP contribution in [0, 0.1) is 11.3 Å². The summed E-state index contributed by atoms with van der Waals surface area (Å²) < 4.78 is 51.4. The van der Waals surface area contributed by atoms with E-state index in [4.69, 9.17) is 15.2 Å². The zero-order valence-electron chi connectivity index (χ0n) is 21.1. The van der Waals surface area contributed by atoms with Gasteiger partial charge in [-0.1, -0.05) is 6.07 Å². The SMILES string of the molecule is CCOC1COCCC1N[C@@H]1C[C@H]2CN(C(N)=O)C[C@@]2(C(=O)N2CCc3ccc(C(F)(F)F)cc3C2)C1. The minimum atomic E-state index is -4.44. The number of benzene rings is 1. The number of alkyl halides is 3. The van der Waals surface area contributed by atoms with Crippen molar-refractivity contribution >= 4 is 11.9 Å². The molecule has 3 amide bonds. The highest BCUT2D eigenvalue weighted by Gasteiger charge is 2.59. The lowest BCUT2D eigenvalue weighted by Crippen LogP contribution is -2.52. The average Bonchev–Trinajstić information content (AvgIpc) is 3.39. The van der Waals surface area contributed by atoms with Gasteiger partial charge in [0, 0.05) is 51.5 Å². The maximum absolute atomic E-state index is 14.1. The summed E-state index contributed by atoms with van der Waals surface area (Å²) in [5, 5.41) is 3.71. The van der Waals surface area contributed by atoms with Crippen LogP contribution in [0.4, 0.5) is 18.0 Å². The second-order valence-electron chi connectivity index (χ2n) is 10.8. The number of nitrogens with one attached hydrogen (secondary N) is 1. The van der Waals surface area contributed by atoms with E-state index in [2.05, 4.69) is 5.32 Å². The van der Waals surface area contributed by atoms with Gasteiger partial charge in [0.2, 0.25) is 5.91 Å². The van der Waals surface area contributed by atoms with Crippen molar-refractivity contribution in [2.45, 2.75) is 63.5 Å². The maximum Gasteiger partial charge on any atom is 0.416 e. The third-order valence-electron chi connectivity index (χ3n) is 8.58. The lowest BCUT2D eigenvalue weighted by Gasteiger charge is -2.38. The Bertz CT molecular complexity index is 1040. The van der Waals surface area contributed by atoms with E-state index < -0.39 is 23.2 Å². The molecule has 37 heavy (non-hydrogen) atoms. The number of carbonyl (C=O) groups is 2. The predicted molar refractivity (Wildman–Crippen MR) is 128 cm³/mol. The van der Waals surface area contributed by atoms with Gasteiger partial charge in [-0.15, -0.1) is 0 Å². The Morgan fingerprint density at radius 2 is 2.08 bits per heavy atom. The summed E-state index contributed by atoms with van der Waals surface area (Å²) in [6.07, 6.45) is -1.93. The molecule has 1 aromatic rings. The summed E-state index contributed by atoms with van der Waals surface area (Å²) in [6.45, 7) is 4.91. The first-order valence-electron chi connectivity index (χ1n) is 13.1. The van der Waals surface area contributed by atoms with Crippen molar-refractivity contribution in [3.63, 3.8) is 0 Å². The van der Waals surface area contributed by atoms with Crippen LogP contribution in [-0.2, 0) is 33.4 Å². The van der Waals surface area contributed by atoms with Gasteiger partial charge in [0.05, 0.1) is 23.7 Å². The Kier molecular flexibility index (Phi) is 7.14. The molecule has 0 aromatic heterocycles. The fourth-order valence-corrected chi connectivity index (χ4v) is 6.80. The number of likely N-dealkylation sites (tertiary alicyclic amines) is 1. The van der Waals surface area contributed by atoms with E-state index in [9.17, 15) is 22.8 Å². The molecule has 1 aliphatic carbocycles. The number of nitrogens with zero attached hydrogens (tertiary/aromatic N) is 2. The largest absolute Gasteiger partial charge is 0.416 e. The number of halogens is 3. The molecular weight excluding hydrogens is 489 g/mol. The molecule has 0 spiro atoms. The Balaban J connectivity index is 1.35. The first-order valence-corrected chi connectivity index (χ1v) is 13.1. The molecule has 1 saturated carbocycles. The normalized spacial score (nSPS) is 31.8. The first kappa shape index (κ1) is 26.2. The maximum atomic E-state index is 14.1. The molecule has 3 heterocycles. The summed E-state index contributed by atoms with van der Waals surface area (Å²) in [6, 6.07) is 3.40. The topological polar surface area (TPSA) is 97.1 Å². The van der Waals surface area contributed by atoms with Gasteiger partial charge < -0.3 is 30.3 Å². The summed E-state index contributed by atoms with van der Waals surface area (Å²) in [7, 11) is 0. The summed E-state index contributed by atoms with van der Waals surface area (Å²) in [5.41, 5.74) is 5.46. The minimum Gasteiger partial charge on any atom is -0.379 e. The van der Waals surface area contributed by atoms with Crippen molar-refractivity contribution in [2.24, 2.45) is 17.1 Å². The van der Waals surface area contributed by atoms with Crippen molar-refractivity contribution in [3.8, 4) is 0 Å². The molecular formula is C26H35F3N4O4. The first-order chi connectivity index (χ1) is 17.6. The third kappa shape index (κ3) is 5.05. The van der Waals surface area contributed by atoms with Crippen LogP contribution in [0.2, 0.25) is 0 Å². The van der Waals surface area contributed by atoms with Crippen LogP contribution < -0.4 is 11.1 Å². The van der Waals surface area contributed by atoms with E-state index in [0.29, 0.717) is 57.7 Å². The fraction of sp³-hybridized carbons (Fsp3) is 0.692. The van der Waals surface area contributed by atoms with Crippen LogP contribution in [-0.4, -0.2) is 79.4 Å². The standard InChI is InChI=1S/C26H35F3N4O4/c1-2-37-22-14-36-8-6-21(22)31-20-10-19-13-33(24(30)35)15-25(19,11-20)23(34)32-7-5-16-3-4-18(26(27,28)29)9-17(16)12-32/h3-4,9,19-22,31H,2,5-8,10-15H2,1H3,(H2,30,35)/t19-,20+,21?,22?,25-/m0/s1. The number of urea groups is 1. The quantitative estimate of drug-likeness (QED) is 0.617. The summed E-state index contributed by atoms with van der Waals surface area (Å²) in [4.78, 5) is 29.4. The number of hydrogen-bond acceptors (Lipinski definition) is 5. The molecule has 3 N–H and O–H groups in total. The van der Waals surface area contributed by atoms with Gasteiger partial charge in [-0.05, 0) is 61.8 Å². The molecule has 3 fully saturated rings. The molecule has 11 heteroatoms. The smallest absolute Gasteiger partial charge is 0.379 e. The highest BCUT2D eigenvalue weighted by atomic mass is 19.4. The van der Waals surface area contributed by atoms with E-state index >= 15 is 0 Å². The molecule has 204 valence electrons. The van der Waals surface area contributed by atoms with E-state index in [1.807, 2.05) is 6.92 Å². The van der Waals surface area contributed by atoms with Gasteiger partial charge in [-0.25, -0.2) is 4.79 Å². The number of amides is 3. The molecule has 5 atom stereocenters. The highest BCUT2D eigenvalue weighted by Crippen LogP contribution is 2.50. The van der Waals surface area contributed by atoms with Gasteiger partial charge in [0.15, 0.2) is 0 Å². The Morgan fingerprint density at radius 3 is 2.81 bits per heavy atom. The lowest BCUT2D eigenvalue weighted by atomic mass is 9.78. The monoisotopic (exact) mass is 524 g/mol. The van der Waals surface area contributed by atoms with E-state index in [1.165, 1.54) is 11.0 Å². The second-order valence-corrected chi connectivity index (χ2v) is 10.8. The van der Waals surface area contributed by atoms with Crippen molar-refractivity contribution in [3.05, 3.63) is 34.9 Å². The molecule has 0 radical (unpaired) electrons. The van der Waals surface area contributed by atoms with E-state index in [0.717, 1.165) is 24.1 Å². The highest BCUT2D eigenvalue weighted by molar-refractivity contribution is 5.86. The van der Waals surface area contributed by atoms with Gasteiger partial charge >= 0.3 is 12.2 Å². The molecule has 4 aliphatic rings. The Morgan fingerprint density at radius 1 is 1.27 bits per heavy atom. The Labute approximate surface area is 214 Å². The van der Waals surface area contributed by atoms with Crippen LogP contribution in [0.15, 0.2) is 18.2 Å². The van der Waals surface area contributed by atoms with Crippen LogP contribution in [0.25, 0.3) is 0 Å². The molecule has 5 rings (SSSR count). The fourth-order valence-electron chi connectivity index (χ4n) is 6.80. The van der Waals surface area contributed by atoms with Crippen molar-refractivity contribution in [1.82, 2.24) is 15.1 Å². The minimum absolute atomic E-state index is 0.0592. The number of hydrogen-bond donors (Lipinski definition) is 2. The van der Waals surface area contributed by atoms with Crippen LogP contribution in [0.1, 0.15) is 42.9 Å². The Hall–Kier alpha value is -2.37. The van der Waals surface area contributed by atoms with Gasteiger partial charge in [-0.2, -0.15) is 13.2 Å². The van der Waals surface area contributed by atoms with Crippen LogP contribution in [0.5, 0.6) is 0 Å². The zero-order chi connectivity index (χ0) is 26.4. The predicted octanol–water partition coefficient (Wildman–Crippen LogP) is 2.53. The number of rotatable bonds is 5. The average molecular weight is 525 g/mol. The van der Waals surface area contributed by atoms with E-state index in [-0.39, 0.29) is 43.1 Å². The zero-order valence-corrected chi connectivity index (χ0v) is 21.1. The number of carbonyl (C=O) groups excluding carboxylic acids is 2. The molecule has 2 unspecified atom stereocenters. The number of primary amides is 1. The molecule has 0 bridgehead atoms. The number of fused-ring (bicyclic) bond motifs is 2. The van der Waals surface area contributed by atoms with Gasteiger partial charge in [0.25, 0.3) is 0 Å².